The molecule has 3 nitrogen and oxygen atoms in total. The zero-order chi connectivity index (χ0) is 6.24. The van der Waals surface area contributed by atoms with Crippen LogP contribution in [0, 0.1) is 0 Å². The minimum atomic E-state index is 0.595. The van der Waals surface area contributed by atoms with Gasteiger partial charge in [0.2, 0.25) is 0 Å². The Morgan fingerprint density at radius 1 is 1.75 bits per heavy atom. The lowest BCUT2D eigenvalue weighted by Crippen LogP contribution is -2.12. The minimum absolute atomic E-state index is 0.595. The van der Waals surface area contributed by atoms with E-state index in [-0.39, 0.29) is 0 Å². The molecule has 0 aliphatic heterocycles. The largest absolute Gasteiger partial charge is 0.280 e. The van der Waals surface area contributed by atoms with Gasteiger partial charge in [-0.05, 0) is 6.42 Å². The van der Waals surface area contributed by atoms with E-state index in [0.717, 1.165) is 6.42 Å². The molecule has 0 fully saturated rings. The van der Waals surface area contributed by atoms with Crippen molar-refractivity contribution < 1.29 is 9.68 Å². The number of hydrogen-bond acceptors (Lipinski definition) is 3. The van der Waals surface area contributed by atoms with Crippen LogP contribution in [0.1, 0.15) is 6.42 Å². The summed E-state index contributed by atoms with van der Waals surface area (Å²) in [4.78, 5) is 9.06. The SMILES string of the molecule is C=CCCONOC. The van der Waals surface area contributed by atoms with Gasteiger partial charge in [-0.2, -0.15) is 0 Å². The van der Waals surface area contributed by atoms with Gasteiger partial charge in [-0.15, -0.1) is 6.58 Å². The third-order valence-corrected chi connectivity index (χ3v) is 0.566. The monoisotopic (exact) mass is 117 g/mol. The van der Waals surface area contributed by atoms with Crippen LogP contribution in [0.2, 0.25) is 0 Å². The summed E-state index contributed by atoms with van der Waals surface area (Å²) in [5.74, 6) is 0. The van der Waals surface area contributed by atoms with Crippen LogP contribution in [-0.4, -0.2) is 13.7 Å². The van der Waals surface area contributed by atoms with Crippen molar-refractivity contribution in [3.8, 4) is 0 Å². The molecule has 0 radical (unpaired) electrons. The van der Waals surface area contributed by atoms with Crippen LogP contribution in [0.15, 0.2) is 12.7 Å². The maximum atomic E-state index is 4.68. The zero-order valence-corrected chi connectivity index (χ0v) is 5.02. The summed E-state index contributed by atoms with van der Waals surface area (Å²) in [6, 6.07) is 0. The van der Waals surface area contributed by atoms with E-state index in [4.69, 9.17) is 0 Å². The molecule has 0 atom stereocenters. The van der Waals surface area contributed by atoms with Gasteiger partial charge in [-0.1, -0.05) is 11.7 Å². The molecule has 0 aromatic heterocycles. The zero-order valence-electron chi connectivity index (χ0n) is 5.02. The highest BCUT2D eigenvalue weighted by Gasteiger charge is 1.78. The summed E-state index contributed by atoms with van der Waals surface area (Å²) >= 11 is 0. The van der Waals surface area contributed by atoms with Gasteiger partial charge in [0.05, 0.1) is 13.7 Å². The Balaban J connectivity index is 2.62. The van der Waals surface area contributed by atoms with Crippen LogP contribution in [0.4, 0.5) is 0 Å². The first-order chi connectivity index (χ1) is 3.91. The Hall–Kier alpha value is -0.380. The fourth-order valence-electron chi connectivity index (χ4n) is 0.243. The van der Waals surface area contributed by atoms with Crippen LogP contribution in [0.25, 0.3) is 0 Å². The first-order valence-electron chi connectivity index (χ1n) is 2.42. The van der Waals surface area contributed by atoms with Crippen LogP contribution >= 0.6 is 0 Å². The first kappa shape index (κ1) is 7.62. The second kappa shape index (κ2) is 6.62. The number of nitrogens with one attached hydrogen (secondary N) is 1. The van der Waals surface area contributed by atoms with Crippen molar-refractivity contribution >= 4 is 0 Å². The Kier molecular flexibility index (Phi) is 6.31. The third kappa shape index (κ3) is 5.62. The van der Waals surface area contributed by atoms with Gasteiger partial charge >= 0.3 is 0 Å². The second-order valence-electron chi connectivity index (χ2n) is 1.21. The smallest absolute Gasteiger partial charge is 0.0743 e. The molecule has 0 amide bonds. The van der Waals surface area contributed by atoms with Gasteiger partial charge < -0.3 is 0 Å². The van der Waals surface area contributed by atoms with E-state index in [1.165, 1.54) is 7.11 Å². The van der Waals surface area contributed by atoms with Gasteiger partial charge in [0.1, 0.15) is 0 Å². The van der Waals surface area contributed by atoms with Crippen molar-refractivity contribution in [2.75, 3.05) is 13.7 Å². The molecule has 0 aromatic rings. The summed E-state index contributed by atoms with van der Waals surface area (Å²) in [6.07, 6.45) is 2.60. The molecular formula is C5H11NO2. The fourth-order valence-corrected chi connectivity index (χ4v) is 0.243. The summed E-state index contributed by atoms with van der Waals surface area (Å²) in [5, 5.41) is 0. The lowest BCUT2D eigenvalue weighted by molar-refractivity contribution is -0.150. The average Bonchev–Trinajstić information content (AvgIpc) is 1.81. The van der Waals surface area contributed by atoms with Gasteiger partial charge in [-0.25, -0.2) is 0 Å². The molecule has 48 valence electrons. The average molecular weight is 117 g/mol. The normalized spacial score (nSPS) is 9.12. The van der Waals surface area contributed by atoms with Crippen LogP contribution in [0.5, 0.6) is 0 Å². The predicted octanol–water partition coefficient (Wildman–Crippen LogP) is 0.645. The van der Waals surface area contributed by atoms with E-state index in [2.05, 4.69) is 21.9 Å². The number of hydrogen-bond donors (Lipinski definition) is 1. The highest BCUT2D eigenvalue weighted by atomic mass is 16.9. The molecule has 0 bridgehead atoms. The quantitative estimate of drug-likeness (QED) is 0.326. The van der Waals surface area contributed by atoms with E-state index in [1.54, 1.807) is 6.08 Å². The van der Waals surface area contributed by atoms with Gasteiger partial charge in [0, 0.05) is 0 Å². The van der Waals surface area contributed by atoms with Crippen molar-refractivity contribution in [3.05, 3.63) is 12.7 Å². The van der Waals surface area contributed by atoms with E-state index in [9.17, 15) is 0 Å². The van der Waals surface area contributed by atoms with E-state index >= 15 is 0 Å². The molecule has 0 rings (SSSR count). The van der Waals surface area contributed by atoms with Crippen molar-refractivity contribution in [2.45, 2.75) is 6.42 Å². The second-order valence-corrected chi connectivity index (χ2v) is 1.21. The molecule has 3 heteroatoms. The topological polar surface area (TPSA) is 30.5 Å². The summed E-state index contributed by atoms with van der Waals surface area (Å²) in [5.41, 5.74) is 2.24. The Labute approximate surface area is 49.2 Å². The molecule has 0 unspecified atom stereocenters. The molecule has 1 N–H and O–H groups in total. The highest BCUT2D eigenvalue weighted by molar-refractivity contribution is 4.63. The highest BCUT2D eigenvalue weighted by Crippen LogP contribution is 1.77. The third-order valence-electron chi connectivity index (χ3n) is 0.566. The lowest BCUT2D eigenvalue weighted by Gasteiger charge is -1.98. The molecule has 0 aromatic carbocycles. The summed E-state index contributed by atoms with van der Waals surface area (Å²) in [7, 11) is 1.49. The molecule has 8 heavy (non-hydrogen) atoms. The Morgan fingerprint density at radius 2 is 2.50 bits per heavy atom. The standard InChI is InChI=1S/C5H11NO2/c1-3-4-5-8-6-7-2/h3,6H,1,4-5H2,2H3. The van der Waals surface area contributed by atoms with E-state index in [1.807, 2.05) is 0 Å². The molecule has 0 aliphatic rings. The van der Waals surface area contributed by atoms with Crippen LogP contribution in [0.3, 0.4) is 0 Å². The maximum absolute atomic E-state index is 4.68. The summed E-state index contributed by atoms with van der Waals surface area (Å²) in [6.45, 7) is 4.10. The van der Waals surface area contributed by atoms with E-state index in [0.29, 0.717) is 6.61 Å². The Bertz CT molecular complexity index is 56.4. The number of rotatable bonds is 5. The van der Waals surface area contributed by atoms with Crippen LogP contribution < -0.4 is 5.64 Å². The van der Waals surface area contributed by atoms with Gasteiger partial charge in [-0.3, -0.25) is 9.68 Å². The molecule has 0 aliphatic carbocycles. The van der Waals surface area contributed by atoms with Gasteiger partial charge in [0.25, 0.3) is 0 Å². The maximum Gasteiger partial charge on any atom is 0.0743 e. The Morgan fingerprint density at radius 3 is 3.00 bits per heavy atom. The lowest BCUT2D eigenvalue weighted by atomic mass is 10.5. The predicted molar refractivity (Wildman–Crippen MR) is 30.9 cm³/mol. The molecule has 0 heterocycles. The van der Waals surface area contributed by atoms with Crippen LogP contribution in [-0.2, 0) is 9.68 Å². The van der Waals surface area contributed by atoms with Crippen molar-refractivity contribution in [1.82, 2.24) is 5.64 Å². The first-order valence-corrected chi connectivity index (χ1v) is 2.42. The van der Waals surface area contributed by atoms with Crippen molar-refractivity contribution in [1.29, 1.82) is 0 Å². The van der Waals surface area contributed by atoms with Gasteiger partial charge in [0.15, 0.2) is 0 Å². The summed E-state index contributed by atoms with van der Waals surface area (Å²) < 4.78 is 0. The minimum Gasteiger partial charge on any atom is -0.280 e. The molecule has 0 saturated carbocycles. The molecule has 0 saturated heterocycles. The molecule has 0 spiro atoms. The van der Waals surface area contributed by atoms with Crippen molar-refractivity contribution in [2.24, 2.45) is 0 Å². The molecular weight excluding hydrogens is 106 g/mol. The van der Waals surface area contributed by atoms with E-state index < -0.39 is 0 Å². The fraction of sp³-hybridized carbons (Fsp3) is 0.600. The van der Waals surface area contributed by atoms with Crippen molar-refractivity contribution in [3.63, 3.8) is 0 Å².